The minimum Gasteiger partial charge on any atom is -0.381 e. The molecule has 6 heteroatoms. The molecule has 116 valence electrons. The van der Waals surface area contributed by atoms with E-state index in [1.165, 1.54) is 0 Å². The summed E-state index contributed by atoms with van der Waals surface area (Å²) < 4.78 is 7.37. The number of nitrogens with zero attached hydrogens (tertiary/aromatic N) is 4. The van der Waals surface area contributed by atoms with Crippen LogP contribution in [0.1, 0.15) is 25.3 Å². The van der Waals surface area contributed by atoms with E-state index in [9.17, 15) is 4.79 Å². The number of anilines is 1. The third-order valence-corrected chi connectivity index (χ3v) is 4.53. The second-order valence-electron chi connectivity index (χ2n) is 6.19. The number of piperidine rings is 1. The summed E-state index contributed by atoms with van der Waals surface area (Å²) in [6.07, 6.45) is 6.83. The van der Waals surface area contributed by atoms with Gasteiger partial charge >= 0.3 is 0 Å². The molecule has 2 aliphatic rings. The Labute approximate surface area is 125 Å². The summed E-state index contributed by atoms with van der Waals surface area (Å²) in [5.41, 5.74) is 1.12. The lowest BCUT2D eigenvalue weighted by molar-refractivity contribution is -0.136. The molecule has 2 aliphatic heterocycles. The van der Waals surface area contributed by atoms with Crippen molar-refractivity contribution in [2.45, 2.75) is 25.3 Å². The molecule has 0 aliphatic carbocycles. The molecule has 1 aromatic rings. The van der Waals surface area contributed by atoms with Crippen LogP contribution in [-0.2, 0) is 9.53 Å². The molecule has 1 aromatic heterocycles. The molecule has 0 unspecified atom stereocenters. The summed E-state index contributed by atoms with van der Waals surface area (Å²) in [6, 6.07) is 0.405. The molecule has 21 heavy (non-hydrogen) atoms. The van der Waals surface area contributed by atoms with Crippen molar-refractivity contribution in [3.05, 3.63) is 12.4 Å². The summed E-state index contributed by atoms with van der Waals surface area (Å²) >= 11 is 0. The molecule has 2 saturated heterocycles. The van der Waals surface area contributed by atoms with Crippen molar-refractivity contribution in [3.63, 3.8) is 0 Å². The Hall–Kier alpha value is -1.56. The van der Waals surface area contributed by atoms with E-state index in [4.69, 9.17) is 4.74 Å². The first kappa shape index (κ1) is 14.4. The third kappa shape index (κ3) is 3.05. The molecule has 0 spiro atoms. The molecule has 6 nitrogen and oxygen atoms in total. The monoisotopic (exact) mass is 292 g/mol. The first-order valence-electron chi connectivity index (χ1n) is 7.73. The van der Waals surface area contributed by atoms with Crippen LogP contribution in [0.2, 0.25) is 0 Å². The van der Waals surface area contributed by atoms with Crippen LogP contribution in [0.15, 0.2) is 12.4 Å². The lowest BCUT2D eigenvalue weighted by atomic mass is 10.0. The Morgan fingerprint density at radius 1 is 1.33 bits per heavy atom. The minimum absolute atomic E-state index is 0.0894. The highest BCUT2D eigenvalue weighted by Gasteiger charge is 2.31. The van der Waals surface area contributed by atoms with Crippen LogP contribution < -0.4 is 4.90 Å². The SMILES string of the molecule is CN(C)c1cnn(C2CCN(C(=O)[C@@H]3CCOC3)CC2)c1. The molecular weight excluding hydrogens is 268 g/mol. The molecule has 1 atom stereocenters. The Kier molecular flexibility index (Phi) is 4.14. The van der Waals surface area contributed by atoms with E-state index < -0.39 is 0 Å². The van der Waals surface area contributed by atoms with Crippen LogP contribution in [0.5, 0.6) is 0 Å². The van der Waals surface area contributed by atoms with Crippen molar-refractivity contribution in [1.82, 2.24) is 14.7 Å². The molecular formula is C15H24N4O2. The van der Waals surface area contributed by atoms with E-state index in [2.05, 4.69) is 20.9 Å². The van der Waals surface area contributed by atoms with Gasteiger partial charge in [0.05, 0.1) is 30.5 Å². The van der Waals surface area contributed by atoms with E-state index in [-0.39, 0.29) is 11.8 Å². The first-order chi connectivity index (χ1) is 10.1. The van der Waals surface area contributed by atoms with Gasteiger partial charge in [0.25, 0.3) is 0 Å². The fourth-order valence-corrected chi connectivity index (χ4v) is 3.10. The van der Waals surface area contributed by atoms with Crippen LogP contribution in [0, 0.1) is 5.92 Å². The van der Waals surface area contributed by atoms with Gasteiger partial charge < -0.3 is 14.5 Å². The molecule has 3 heterocycles. The summed E-state index contributed by atoms with van der Waals surface area (Å²) in [5, 5.41) is 4.46. The van der Waals surface area contributed by atoms with E-state index in [1.807, 2.05) is 25.2 Å². The average molecular weight is 292 g/mol. The van der Waals surface area contributed by atoms with Gasteiger partial charge in [0.1, 0.15) is 0 Å². The van der Waals surface area contributed by atoms with Gasteiger partial charge in [-0.15, -0.1) is 0 Å². The number of carbonyl (C=O) groups excluding carboxylic acids is 1. The lowest BCUT2D eigenvalue weighted by Crippen LogP contribution is -2.42. The zero-order valence-electron chi connectivity index (χ0n) is 12.9. The summed E-state index contributed by atoms with van der Waals surface area (Å²) in [4.78, 5) is 16.4. The molecule has 0 radical (unpaired) electrons. The van der Waals surface area contributed by atoms with Crippen LogP contribution in [-0.4, -0.2) is 61.0 Å². The highest BCUT2D eigenvalue weighted by atomic mass is 16.5. The van der Waals surface area contributed by atoms with Gasteiger partial charge in [-0.1, -0.05) is 0 Å². The van der Waals surface area contributed by atoms with Gasteiger partial charge in [-0.05, 0) is 19.3 Å². The summed E-state index contributed by atoms with van der Waals surface area (Å²) in [6.45, 7) is 2.99. The van der Waals surface area contributed by atoms with Crippen molar-refractivity contribution < 1.29 is 9.53 Å². The zero-order chi connectivity index (χ0) is 14.8. The van der Waals surface area contributed by atoms with Gasteiger partial charge in [0, 0.05) is 40.0 Å². The molecule has 0 bridgehead atoms. The number of rotatable bonds is 3. The summed E-state index contributed by atoms with van der Waals surface area (Å²) in [5.74, 6) is 0.368. The van der Waals surface area contributed by atoms with Gasteiger partial charge in [0.2, 0.25) is 5.91 Å². The fraction of sp³-hybridized carbons (Fsp3) is 0.733. The largest absolute Gasteiger partial charge is 0.381 e. The van der Waals surface area contributed by atoms with Gasteiger partial charge in [-0.3, -0.25) is 9.48 Å². The second-order valence-corrected chi connectivity index (χ2v) is 6.19. The predicted molar refractivity (Wildman–Crippen MR) is 80.3 cm³/mol. The van der Waals surface area contributed by atoms with E-state index >= 15 is 0 Å². The number of carbonyl (C=O) groups is 1. The number of hydrogen-bond donors (Lipinski definition) is 0. The number of hydrogen-bond acceptors (Lipinski definition) is 4. The molecule has 1 amide bonds. The van der Waals surface area contributed by atoms with Crippen molar-refractivity contribution in [2.24, 2.45) is 5.92 Å². The van der Waals surface area contributed by atoms with Crippen molar-refractivity contribution in [2.75, 3.05) is 45.3 Å². The maximum absolute atomic E-state index is 12.4. The quantitative estimate of drug-likeness (QED) is 0.838. The predicted octanol–water partition coefficient (Wildman–Crippen LogP) is 1.15. The van der Waals surface area contributed by atoms with Crippen LogP contribution in [0.4, 0.5) is 5.69 Å². The molecule has 0 saturated carbocycles. The molecule has 3 rings (SSSR count). The van der Waals surface area contributed by atoms with E-state index in [1.54, 1.807) is 0 Å². The Balaban J connectivity index is 1.55. The van der Waals surface area contributed by atoms with Crippen LogP contribution in [0.25, 0.3) is 0 Å². The Bertz CT molecular complexity index is 486. The Morgan fingerprint density at radius 2 is 2.10 bits per heavy atom. The van der Waals surface area contributed by atoms with E-state index in [0.29, 0.717) is 12.6 Å². The van der Waals surface area contributed by atoms with Crippen molar-refractivity contribution in [1.29, 1.82) is 0 Å². The topological polar surface area (TPSA) is 50.6 Å². The fourth-order valence-electron chi connectivity index (χ4n) is 3.10. The van der Waals surface area contributed by atoms with Crippen molar-refractivity contribution >= 4 is 11.6 Å². The number of aromatic nitrogens is 2. The lowest BCUT2D eigenvalue weighted by Gasteiger charge is -2.33. The standard InChI is InChI=1S/C15H24N4O2/c1-17(2)14-9-16-19(10-14)13-3-6-18(7-4-13)15(20)12-5-8-21-11-12/h9-10,12-13H,3-8,11H2,1-2H3/t12-/m1/s1. The van der Waals surface area contributed by atoms with Crippen LogP contribution >= 0.6 is 0 Å². The maximum atomic E-state index is 12.4. The minimum atomic E-state index is 0.0894. The maximum Gasteiger partial charge on any atom is 0.228 e. The highest BCUT2D eigenvalue weighted by molar-refractivity contribution is 5.79. The van der Waals surface area contributed by atoms with Crippen LogP contribution in [0.3, 0.4) is 0 Å². The van der Waals surface area contributed by atoms with Crippen molar-refractivity contribution in [3.8, 4) is 0 Å². The zero-order valence-corrected chi connectivity index (χ0v) is 12.9. The highest BCUT2D eigenvalue weighted by Crippen LogP contribution is 2.26. The third-order valence-electron chi connectivity index (χ3n) is 4.53. The smallest absolute Gasteiger partial charge is 0.228 e. The average Bonchev–Trinajstić information content (AvgIpc) is 3.18. The van der Waals surface area contributed by atoms with Gasteiger partial charge in [0.15, 0.2) is 0 Å². The van der Waals surface area contributed by atoms with Gasteiger partial charge in [-0.2, -0.15) is 5.10 Å². The summed E-state index contributed by atoms with van der Waals surface area (Å²) in [7, 11) is 4.04. The molecule has 0 aromatic carbocycles. The molecule has 2 fully saturated rings. The first-order valence-corrected chi connectivity index (χ1v) is 7.73. The van der Waals surface area contributed by atoms with Gasteiger partial charge in [-0.25, -0.2) is 0 Å². The normalized spacial score (nSPS) is 23.5. The number of likely N-dealkylation sites (tertiary alicyclic amines) is 1. The number of amides is 1. The Morgan fingerprint density at radius 3 is 2.67 bits per heavy atom. The second kappa shape index (κ2) is 6.05. The number of ether oxygens (including phenoxy) is 1. The molecule has 0 N–H and O–H groups in total. The van der Waals surface area contributed by atoms with E-state index in [0.717, 1.165) is 44.6 Å².